The van der Waals surface area contributed by atoms with E-state index in [1.165, 1.54) is 22.3 Å². The number of benzene rings is 2. The maximum Gasteiger partial charge on any atom is 0.0567 e. The molecule has 2 nitrogen and oxygen atoms in total. The van der Waals surface area contributed by atoms with Gasteiger partial charge >= 0.3 is 0 Å². The number of nitrogens with two attached hydrogens (primary N) is 1. The molecule has 0 fully saturated rings. The fourth-order valence-corrected chi connectivity index (χ4v) is 3.09. The standard InChI is InChI=1S/C19H16N2/c20-19(16-5-3-9-21-12-16)15-8-7-14-10-13-4-1-2-6-17(13)18(14)11-15/h1-9,11-12,19H,10,20H2. The van der Waals surface area contributed by atoms with Crippen LogP contribution in [-0.4, -0.2) is 4.98 Å². The molecule has 1 atom stereocenters. The third-order valence-corrected chi connectivity index (χ3v) is 4.23. The van der Waals surface area contributed by atoms with Crippen molar-refractivity contribution in [2.24, 2.45) is 5.73 Å². The molecule has 0 aliphatic heterocycles. The van der Waals surface area contributed by atoms with Crippen molar-refractivity contribution in [2.45, 2.75) is 12.5 Å². The first kappa shape index (κ1) is 12.3. The van der Waals surface area contributed by atoms with Gasteiger partial charge in [-0.15, -0.1) is 0 Å². The van der Waals surface area contributed by atoms with Gasteiger partial charge in [-0.2, -0.15) is 0 Å². The minimum Gasteiger partial charge on any atom is -0.320 e. The number of hydrogen-bond donors (Lipinski definition) is 1. The summed E-state index contributed by atoms with van der Waals surface area (Å²) in [7, 11) is 0. The van der Waals surface area contributed by atoms with Crippen molar-refractivity contribution in [3.05, 3.63) is 89.2 Å². The first-order valence-electron chi connectivity index (χ1n) is 7.19. The molecule has 4 rings (SSSR count). The zero-order valence-corrected chi connectivity index (χ0v) is 11.7. The van der Waals surface area contributed by atoms with E-state index in [9.17, 15) is 0 Å². The second-order valence-electron chi connectivity index (χ2n) is 5.51. The Labute approximate surface area is 124 Å². The molecule has 0 radical (unpaired) electrons. The van der Waals surface area contributed by atoms with Crippen LogP contribution in [0.4, 0.5) is 0 Å². The van der Waals surface area contributed by atoms with E-state index in [0.29, 0.717) is 0 Å². The van der Waals surface area contributed by atoms with Crippen molar-refractivity contribution in [3.8, 4) is 11.1 Å². The Morgan fingerprint density at radius 3 is 2.57 bits per heavy atom. The van der Waals surface area contributed by atoms with Crippen molar-refractivity contribution in [2.75, 3.05) is 0 Å². The van der Waals surface area contributed by atoms with Gasteiger partial charge in [0.2, 0.25) is 0 Å². The predicted molar refractivity (Wildman–Crippen MR) is 85.0 cm³/mol. The van der Waals surface area contributed by atoms with Gasteiger partial charge in [-0.25, -0.2) is 0 Å². The third kappa shape index (κ3) is 2.05. The minimum absolute atomic E-state index is 0.128. The Balaban J connectivity index is 1.78. The molecule has 0 bridgehead atoms. The van der Waals surface area contributed by atoms with Crippen LogP contribution in [0.2, 0.25) is 0 Å². The lowest BCUT2D eigenvalue weighted by atomic mass is 9.96. The van der Waals surface area contributed by atoms with Crippen molar-refractivity contribution in [1.29, 1.82) is 0 Å². The number of aromatic nitrogens is 1. The molecule has 1 aliphatic carbocycles. The molecular weight excluding hydrogens is 256 g/mol. The van der Waals surface area contributed by atoms with Crippen LogP contribution < -0.4 is 5.73 Å². The summed E-state index contributed by atoms with van der Waals surface area (Å²) in [4.78, 5) is 4.16. The van der Waals surface area contributed by atoms with E-state index < -0.39 is 0 Å². The monoisotopic (exact) mass is 272 g/mol. The van der Waals surface area contributed by atoms with E-state index in [-0.39, 0.29) is 6.04 Å². The Hall–Kier alpha value is -2.45. The molecule has 1 aliphatic rings. The van der Waals surface area contributed by atoms with Crippen molar-refractivity contribution < 1.29 is 0 Å². The van der Waals surface area contributed by atoms with Gasteiger partial charge in [0.25, 0.3) is 0 Å². The number of hydrogen-bond acceptors (Lipinski definition) is 2. The van der Waals surface area contributed by atoms with Crippen LogP contribution in [0.3, 0.4) is 0 Å². The summed E-state index contributed by atoms with van der Waals surface area (Å²) in [6.45, 7) is 0. The van der Waals surface area contributed by atoms with Crippen LogP contribution in [0.15, 0.2) is 67.0 Å². The topological polar surface area (TPSA) is 38.9 Å². The average molecular weight is 272 g/mol. The lowest BCUT2D eigenvalue weighted by Gasteiger charge is -2.13. The van der Waals surface area contributed by atoms with Crippen molar-refractivity contribution >= 4 is 0 Å². The number of fused-ring (bicyclic) bond motifs is 3. The Kier molecular flexibility index (Phi) is 2.83. The molecule has 21 heavy (non-hydrogen) atoms. The molecule has 1 unspecified atom stereocenters. The minimum atomic E-state index is -0.128. The Morgan fingerprint density at radius 1 is 0.857 bits per heavy atom. The highest BCUT2D eigenvalue weighted by Gasteiger charge is 2.19. The van der Waals surface area contributed by atoms with Crippen molar-refractivity contribution in [3.63, 3.8) is 0 Å². The molecular formula is C19H16N2. The summed E-state index contributed by atoms with van der Waals surface area (Å²) in [5.74, 6) is 0. The van der Waals surface area contributed by atoms with Gasteiger partial charge in [0.05, 0.1) is 6.04 Å². The van der Waals surface area contributed by atoms with E-state index in [1.54, 1.807) is 6.20 Å². The van der Waals surface area contributed by atoms with Crippen molar-refractivity contribution in [1.82, 2.24) is 4.98 Å². The summed E-state index contributed by atoms with van der Waals surface area (Å²) in [6.07, 6.45) is 4.63. The second-order valence-corrected chi connectivity index (χ2v) is 5.51. The molecule has 2 heteroatoms. The molecule has 1 aromatic heterocycles. The normalized spacial score (nSPS) is 13.6. The smallest absolute Gasteiger partial charge is 0.0567 e. The summed E-state index contributed by atoms with van der Waals surface area (Å²) in [6, 6.07) is 19.0. The molecule has 102 valence electrons. The summed E-state index contributed by atoms with van der Waals surface area (Å²) in [5, 5.41) is 0. The van der Waals surface area contributed by atoms with Gasteiger partial charge in [0, 0.05) is 12.4 Å². The Bertz CT molecular complexity index is 794. The highest BCUT2D eigenvalue weighted by molar-refractivity contribution is 5.77. The summed E-state index contributed by atoms with van der Waals surface area (Å²) >= 11 is 0. The zero-order chi connectivity index (χ0) is 14.2. The first-order valence-corrected chi connectivity index (χ1v) is 7.19. The number of pyridine rings is 1. The van der Waals surface area contributed by atoms with Gasteiger partial charge in [0.1, 0.15) is 0 Å². The second kappa shape index (κ2) is 4.83. The largest absolute Gasteiger partial charge is 0.320 e. The lowest BCUT2D eigenvalue weighted by molar-refractivity contribution is 0.863. The molecule has 0 saturated carbocycles. The highest BCUT2D eigenvalue weighted by atomic mass is 14.7. The predicted octanol–water partition coefficient (Wildman–Crippen LogP) is 3.70. The van der Waals surface area contributed by atoms with E-state index in [0.717, 1.165) is 17.5 Å². The van der Waals surface area contributed by atoms with E-state index in [2.05, 4.69) is 47.4 Å². The van der Waals surface area contributed by atoms with Gasteiger partial charge in [-0.3, -0.25) is 4.98 Å². The van der Waals surface area contributed by atoms with E-state index in [4.69, 9.17) is 5.73 Å². The van der Waals surface area contributed by atoms with Gasteiger partial charge in [-0.05, 0) is 51.9 Å². The summed E-state index contributed by atoms with van der Waals surface area (Å²) < 4.78 is 0. The van der Waals surface area contributed by atoms with Gasteiger partial charge in [-0.1, -0.05) is 42.5 Å². The average Bonchev–Trinajstić information content (AvgIpc) is 2.93. The maximum atomic E-state index is 6.39. The highest BCUT2D eigenvalue weighted by Crippen LogP contribution is 2.38. The van der Waals surface area contributed by atoms with Crippen LogP contribution in [-0.2, 0) is 6.42 Å². The first-order chi connectivity index (χ1) is 10.3. The lowest BCUT2D eigenvalue weighted by Crippen LogP contribution is -2.12. The van der Waals surface area contributed by atoms with Crippen LogP contribution in [0.1, 0.15) is 28.3 Å². The number of nitrogens with zero attached hydrogens (tertiary/aromatic N) is 1. The molecule has 3 aromatic rings. The Morgan fingerprint density at radius 2 is 1.71 bits per heavy atom. The maximum absolute atomic E-state index is 6.39. The molecule has 0 spiro atoms. The quantitative estimate of drug-likeness (QED) is 0.604. The van der Waals surface area contributed by atoms with Crippen LogP contribution in [0, 0.1) is 0 Å². The summed E-state index contributed by atoms with van der Waals surface area (Å²) in [5.41, 5.74) is 14.0. The van der Waals surface area contributed by atoms with E-state index >= 15 is 0 Å². The van der Waals surface area contributed by atoms with Crippen LogP contribution in [0.5, 0.6) is 0 Å². The fourth-order valence-electron chi connectivity index (χ4n) is 3.09. The zero-order valence-electron chi connectivity index (χ0n) is 11.7. The molecule has 2 N–H and O–H groups in total. The molecule has 1 heterocycles. The third-order valence-electron chi connectivity index (χ3n) is 4.23. The molecule has 0 amide bonds. The van der Waals surface area contributed by atoms with Crippen LogP contribution >= 0.6 is 0 Å². The fraction of sp³-hybridized carbons (Fsp3) is 0.105. The van der Waals surface area contributed by atoms with Gasteiger partial charge in [0.15, 0.2) is 0 Å². The van der Waals surface area contributed by atoms with Gasteiger partial charge < -0.3 is 5.73 Å². The SMILES string of the molecule is NC(c1cccnc1)c1ccc2c(c1)-c1ccccc1C2. The van der Waals surface area contributed by atoms with E-state index in [1.807, 2.05) is 18.3 Å². The molecule has 2 aromatic carbocycles. The molecule has 0 saturated heterocycles. The van der Waals surface area contributed by atoms with Crippen LogP contribution in [0.25, 0.3) is 11.1 Å². The number of rotatable bonds is 2.